The van der Waals surface area contributed by atoms with Gasteiger partial charge in [-0.25, -0.2) is 0 Å². The van der Waals surface area contributed by atoms with Crippen LogP contribution >= 0.6 is 11.6 Å². The highest BCUT2D eigenvalue weighted by Gasteiger charge is 2.27. The summed E-state index contributed by atoms with van der Waals surface area (Å²) < 4.78 is 0. The van der Waals surface area contributed by atoms with Crippen molar-refractivity contribution >= 4 is 34.7 Å². The average Bonchev–Trinajstić information content (AvgIpc) is 3.18. The summed E-state index contributed by atoms with van der Waals surface area (Å²) in [5.41, 5.74) is 4.84. The maximum Gasteiger partial charge on any atom is 0.278 e. The van der Waals surface area contributed by atoms with E-state index in [0.29, 0.717) is 23.9 Å². The molecule has 3 aromatic rings. The maximum absolute atomic E-state index is 13.0. The Kier molecular flexibility index (Phi) is 5.40. The minimum absolute atomic E-state index is 0.135. The first-order valence-corrected chi connectivity index (χ1v) is 9.94. The molecule has 29 heavy (non-hydrogen) atoms. The number of aryl methyl sites for hydroxylation is 1. The molecule has 4 rings (SSSR count). The van der Waals surface area contributed by atoms with E-state index in [1.807, 2.05) is 17.0 Å². The van der Waals surface area contributed by atoms with Gasteiger partial charge in [0, 0.05) is 42.6 Å². The van der Waals surface area contributed by atoms with Crippen LogP contribution in [0.4, 0.5) is 17.2 Å². The quantitative estimate of drug-likeness (QED) is 0.684. The number of H-pyrrole nitrogens is 1. The third-order valence-electron chi connectivity index (χ3n) is 5.32. The normalized spacial score (nSPS) is 14.2. The van der Waals surface area contributed by atoms with Crippen LogP contribution in [0.25, 0.3) is 0 Å². The lowest BCUT2D eigenvalue weighted by molar-refractivity contribution is 0.0742. The molecule has 0 aliphatic carbocycles. The number of piperazine rings is 1. The first kappa shape index (κ1) is 19.3. The van der Waals surface area contributed by atoms with Crippen molar-refractivity contribution in [3.63, 3.8) is 0 Å². The zero-order valence-corrected chi connectivity index (χ0v) is 17.2. The van der Waals surface area contributed by atoms with Gasteiger partial charge in [0.05, 0.1) is 0 Å². The summed E-state index contributed by atoms with van der Waals surface area (Å²) in [7, 11) is 0. The summed E-state index contributed by atoms with van der Waals surface area (Å²) in [4.78, 5) is 17.2. The number of aromatic amines is 1. The van der Waals surface area contributed by atoms with E-state index in [2.05, 4.69) is 57.7 Å². The summed E-state index contributed by atoms with van der Waals surface area (Å²) in [6, 6.07) is 13.6. The molecule has 0 spiro atoms. The van der Waals surface area contributed by atoms with Crippen LogP contribution in [0.5, 0.6) is 0 Å². The number of carbonyl (C=O) groups excluding carboxylic acids is 1. The van der Waals surface area contributed by atoms with Crippen LogP contribution in [0.2, 0.25) is 5.02 Å². The van der Waals surface area contributed by atoms with E-state index in [4.69, 9.17) is 11.6 Å². The molecule has 1 aliphatic rings. The first-order chi connectivity index (χ1) is 14.0. The fourth-order valence-electron chi connectivity index (χ4n) is 3.55. The van der Waals surface area contributed by atoms with Crippen molar-refractivity contribution < 1.29 is 4.79 Å². The van der Waals surface area contributed by atoms with Gasteiger partial charge >= 0.3 is 0 Å². The third-order valence-corrected chi connectivity index (χ3v) is 5.56. The predicted octanol–water partition coefficient (Wildman–Crippen LogP) is 3.78. The summed E-state index contributed by atoms with van der Waals surface area (Å²) in [6.07, 6.45) is 0. The van der Waals surface area contributed by atoms with Crippen LogP contribution in [-0.4, -0.2) is 52.4 Å². The second-order valence-corrected chi connectivity index (χ2v) is 7.59. The van der Waals surface area contributed by atoms with Crippen molar-refractivity contribution in [2.75, 3.05) is 36.4 Å². The number of amides is 1. The Balaban J connectivity index is 1.44. The van der Waals surface area contributed by atoms with E-state index in [-0.39, 0.29) is 11.6 Å². The van der Waals surface area contributed by atoms with E-state index >= 15 is 0 Å². The Hall–Kier alpha value is -3.06. The largest absolute Gasteiger partial charge is 0.368 e. The topological polar surface area (TPSA) is 77.2 Å². The lowest BCUT2D eigenvalue weighted by atomic mass is 10.1. The molecule has 0 saturated carbocycles. The van der Waals surface area contributed by atoms with Gasteiger partial charge in [0.2, 0.25) is 0 Å². The zero-order valence-electron chi connectivity index (χ0n) is 16.4. The minimum Gasteiger partial charge on any atom is -0.368 e. The van der Waals surface area contributed by atoms with Gasteiger partial charge < -0.3 is 15.1 Å². The van der Waals surface area contributed by atoms with Gasteiger partial charge in [-0.05, 0) is 49.2 Å². The molecule has 1 fully saturated rings. The molecule has 0 bridgehead atoms. The lowest BCUT2D eigenvalue weighted by Gasteiger charge is -2.36. The Morgan fingerprint density at radius 3 is 2.59 bits per heavy atom. The van der Waals surface area contributed by atoms with Gasteiger partial charge in [-0.3, -0.25) is 4.79 Å². The maximum atomic E-state index is 13.0. The minimum atomic E-state index is -0.135. The van der Waals surface area contributed by atoms with Crippen molar-refractivity contribution in [3.05, 3.63) is 64.3 Å². The molecular weight excluding hydrogens is 388 g/mol. The molecule has 8 heteroatoms. The van der Waals surface area contributed by atoms with Gasteiger partial charge in [0.1, 0.15) is 0 Å². The second kappa shape index (κ2) is 8.13. The highest BCUT2D eigenvalue weighted by molar-refractivity contribution is 6.30. The number of anilines is 3. The highest BCUT2D eigenvalue weighted by Crippen LogP contribution is 2.25. The number of aromatic nitrogens is 3. The van der Waals surface area contributed by atoms with Crippen LogP contribution < -0.4 is 10.2 Å². The van der Waals surface area contributed by atoms with Crippen molar-refractivity contribution in [2.24, 2.45) is 0 Å². The zero-order chi connectivity index (χ0) is 20.4. The highest BCUT2D eigenvalue weighted by atomic mass is 35.5. The molecule has 1 saturated heterocycles. The number of hydrogen-bond donors (Lipinski definition) is 2. The van der Waals surface area contributed by atoms with Gasteiger partial charge in [0.15, 0.2) is 11.5 Å². The smallest absolute Gasteiger partial charge is 0.278 e. The Morgan fingerprint density at radius 1 is 1.07 bits per heavy atom. The monoisotopic (exact) mass is 410 g/mol. The summed E-state index contributed by atoms with van der Waals surface area (Å²) in [5, 5.41) is 14.4. The third kappa shape index (κ3) is 4.05. The van der Waals surface area contributed by atoms with Crippen molar-refractivity contribution in [1.29, 1.82) is 0 Å². The average molecular weight is 411 g/mol. The standard InChI is InChI=1S/C21H23ClN6O/c1-14-5-3-8-18(15(14)2)27-9-11-28(12-10-27)21(29)19-20(25-26-24-19)23-17-7-4-6-16(22)13-17/h3-8,13H,9-12H2,1-2H3,(H2,23,24,25,26). The summed E-state index contributed by atoms with van der Waals surface area (Å²) >= 11 is 6.03. The van der Waals surface area contributed by atoms with Crippen LogP contribution in [0.1, 0.15) is 21.6 Å². The van der Waals surface area contributed by atoms with Crippen LogP contribution in [0, 0.1) is 13.8 Å². The van der Waals surface area contributed by atoms with Crippen molar-refractivity contribution in [2.45, 2.75) is 13.8 Å². The Labute approximate surface area is 174 Å². The van der Waals surface area contributed by atoms with E-state index in [1.165, 1.54) is 16.8 Å². The number of nitrogens with zero attached hydrogens (tertiary/aromatic N) is 4. The van der Waals surface area contributed by atoms with Gasteiger partial charge in [-0.15, -0.1) is 10.2 Å². The molecule has 1 aliphatic heterocycles. The lowest BCUT2D eigenvalue weighted by Crippen LogP contribution is -2.49. The molecule has 0 atom stereocenters. The SMILES string of the molecule is Cc1cccc(N2CCN(C(=O)c3n[nH]nc3Nc3cccc(Cl)c3)CC2)c1C. The van der Waals surface area contributed by atoms with E-state index in [9.17, 15) is 4.79 Å². The molecule has 2 N–H and O–H groups in total. The number of benzene rings is 2. The molecule has 1 amide bonds. The van der Waals surface area contributed by atoms with Crippen LogP contribution in [0.15, 0.2) is 42.5 Å². The van der Waals surface area contributed by atoms with Crippen molar-refractivity contribution in [3.8, 4) is 0 Å². The van der Waals surface area contributed by atoms with Crippen LogP contribution in [-0.2, 0) is 0 Å². The number of carbonyl (C=O) groups is 1. The molecule has 150 valence electrons. The fraction of sp³-hybridized carbons (Fsp3) is 0.286. The first-order valence-electron chi connectivity index (χ1n) is 9.57. The van der Waals surface area contributed by atoms with E-state index < -0.39 is 0 Å². The van der Waals surface area contributed by atoms with Gasteiger partial charge in [-0.2, -0.15) is 5.21 Å². The summed E-state index contributed by atoms with van der Waals surface area (Å²) in [5.74, 6) is 0.262. The molecule has 2 heterocycles. The summed E-state index contributed by atoms with van der Waals surface area (Å²) in [6.45, 7) is 7.10. The van der Waals surface area contributed by atoms with E-state index in [1.54, 1.807) is 12.1 Å². The molecule has 0 unspecified atom stereocenters. The molecular formula is C21H23ClN6O. The Bertz CT molecular complexity index is 1030. The van der Waals surface area contributed by atoms with Crippen LogP contribution in [0.3, 0.4) is 0 Å². The number of rotatable bonds is 4. The second-order valence-electron chi connectivity index (χ2n) is 7.15. The predicted molar refractivity (Wildman–Crippen MR) is 115 cm³/mol. The molecule has 1 aromatic heterocycles. The number of halogens is 1. The Morgan fingerprint density at radius 2 is 1.83 bits per heavy atom. The van der Waals surface area contributed by atoms with Gasteiger partial charge in [-0.1, -0.05) is 29.8 Å². The van der Waals surface area contributed by atoms with Crippen molar-refractivity contribution in [1.82, 2.24) is 20.3 Å². The molecule has 7 nitrogen and oxygen atoms in total. The molecule has 0 radical (unpaired) electrons. The fourth-order valence-corrected chi connectivity index (χ4v) is 3.74. The number of nitrogens with one attached hydrogen (secondary N) is 2. The van der Waals surface area contributed by atoms with E-state index in [0.717, 1.165) is 18.8 Å². The molecule has 2 aromatic carbocycles. The number of hydrogen-bond acceptors (Lipinski definition) is 5. The van der Waals surface area contributed by atoms with Gasteiger partial charge in [0.25, 0.3) is 5.91 Å².